The van der Waals surface area contributed by atoms with Gasteiger partial charge in [0.1, 0.15) is 0 Å². The molecule has 0 fully saturated rings. The predicted molar refractivity (Wildman–Crippen MR) is 73.8 cm³/mol. The molecule has 1 unspecified atom stereocenters. The van der Waals surface area contributed by atoms with Crippen LogP contribution in [0.1, 0.15) is 53.9 Å². The summed E-state index contributed by atoms with van der Waals surface area (Å²) < 4.78 is 0. The van der Waals surface area contributed by atoms with Crippen molar-refractivity contribution in [2.45, 2.75) is 59.4 Å². The average molecular weight is 242 g/mol. The molecule has 0 rings (SSSR count). The molecule has 0 saturated carbocycles. The van der Waals surface area contributed by atoms with Crippen LogP contribution in [0.15, 0.2) is 0 Å². The van der Waals surface area contributed by atoms with Crippen LogP contribution in [0.4, 0.5) is 0 Å². The Kier molecular flexibility index (Phi) is 6.76. The van der Waals surface area contributed by atoms with Gasteiger partial charge in [-0.3, -0.25) is 4.79 Å². The van der Waals surface area contributed by atoms with Crippen molar-refractivity contribution in [1.82, 2.24) is 4.90 Å². The van der Waals surface area contributed by atoms with Gasteiger partial charge in [-0.25, -0.2) is 0 Å². The van der Waals surface area contributed by atoms with Gasteiger partial charge in [0.25, 0.3) is 0 Å². The van der Waals surface area contributed by atoms with Gasteiger partial charge in [-0.15, -0.1) is 0 Å². The van der Waals surface area contributed by atoms with Crippen molar-refractivity contribution in [2.24, 2.45) is 17.6 Å². The summed E-state index contributed by atoms with van der Waals surface area (Å²) in [7, 11) is 1.90. The first-order chi connectivity index (χ1) is 7.74. The van der Waals surface area contributed by atoms with Gasteiger partial charge < -0.3 is 10.6 Å². The molecule has 0 aliphatic heterocycles. The molecule has 3 nitrogen and oxygen atoms in total. The number of nitrogens with two attached hydrogens (primary N) is 1. The summed E-state index contributed by atoms with van der Waals surface area (Å²) in [6.45, 7) is 11.3. The molecule has 0 aromatic carbocycles. The second-order valence-electron chi connectivity index (χ2n) is 6.05. The molecule has 17 heavy (non-hydrogen) atoms. The number of amides is 1. The summed E-state index contributed by atoms with van der Waals surface area (Å²) >= 11 is 0. The van der Waals surface area contributed by atoms with Gasteiger partial charge in [-0.2, -0.15) is 0 Å². The maximum absolute atomic E-state index is 12.2. The van der Waals surface area contributed by atoms with Crippen LogP contribution < -0.4 is 5.73 Å². The second kappa shape index (κ2) is 7.00. The minimum absolute atomic E-state index is 0.0614. The highest BCUT2D eigenvalue weighted by Crippen LogP contribution is 2.21. The lowest BCUT2D eigenvalue weighted by Crippen LogP contribution is -2.45. The van der Waals surface area contributed by atoms with Gasteiger partial charge in [0, 0.05) is 19.0 Å². The normalized spacial score (nSPS) is 13.9. The van der Waals surface area contributed by atoms with Crippen molar-refractivity contribution in [3.63, 3.8) is 0 Å². The molecule has 3 heteroatoms. The Morgan fingerprint density at radius 2 is 1.88 bits per heavy atom. The highest BCUT2D eigenvalue weighted by atomic mass is 16.2. The van der Waals surface area contributed by atoms with Crippen LogP contribution in [0.3, 0.4) is 0 Å². The monoisotopic (exact) mass is 242 g/mol. The van der Waals surface area contributed by atoms with Crippen molar-refractivity contribution < 1.29 is 4.79 Å². The SMILES string of the molecule is CCC(C)(C)N(C)C(=O)CC(CN)CC(C)C. The van der Waals surface area contributed by atoms with E-state index >= 15 is 0 Å². The zero-order chi connectivity index (χ0) is 13.6. The lowest BCUT2D eigenvalue weighted by molar-refractivity contribution is -0.135. The summed E-state index contributed by atoms with van der Waals surface area (Å²) in [5.74, 6) is 1.13. The van der Waals surface area contributed by atoms with Crippen LogP contribution in [0.2, 0.25) is 0 Å². The topological polar surface area (TPSA) is 46.3 Å². The molecular weight excluding hydrogens is 212 g/mol. The quantitative estimate of drug-likeness (QED) is 0.746. The zero-order valence-corrected chi connectivity index (χ0v) is 12.4. The van der Waals surface area contributed by atoms with Gasteiger partial charge in [-0.1, -0.05) is 20.8 Å². The van der Waals surface area contributed by atoms with E-state index in [4.69, 9.17) is 5.73 Å². The van der Waals surface area contributed by atoms with Crippen molar-refractivity contribution in [2.75, 3.05) is 13.6 Å². The fraction of sp³-hybridized carbons (Fsp3) is 0.929. The molecule has 0 heterocycles. The second-order valence-corrected chi connectivity index (χ2v) is 6.05. The molecule has 0 spiro atoms. The van der Waals surface area contributed by atoms with Crippen LogP contribution in [0.25, 0.3) is 0 Å². The fourth-order valence-electron chi connectivity index (χ4n) is 1.89. The summed E-state index contributed by atoms with van der Waals surface area (Å²) in [5, 5.41) is 0. The summed E-state index contributed by atoms with van der Waals surface area (Å²) in [4.78, 5) is 14.0. The number of hydrogen-bond donors (Lipinski definition) is 1. The van der Waals surface area contributed by atoms with E-state index in [9.17, 15) is 4.79 Å². The Labute approximate surface area is 107 Å². The molecule has 0 aliphatic carbocycles. The number of nitrogens with zero attached hydrogens (tertiary/aromatic N) is 1. The first kappa shape index (κ1) is 16.4. The molecule has 0 aromatic heterocycles. The van der Waals surface area contributed by atoms with Crippen molar-refractivity contribution in [3.8, 4) is 0 Å². The van der Waals surface area contributed by atoms with E-state index in [0.29, 0.717) is 24.8 Å². The Bertz CT molecular complexity index is 236. The summed E-state index contributed by atoms with van der Waals surface area (Å²) in [5.41, 5.74) is 5.68. The highest BCUT2D eigenvalue weighted by molar-refractivity contribution is 5.77. The molecule has 0 bridgehead atoms. The third-order valence-corrected chi connectivity index (χ3v) is 3.75. The fourth-order valence-corrected chi connectivity index (χ4v) is 1.89. The number of rotatable bonds is 7. The van der Waals surface area contributed by atoms with Crippen LogP contribution in [0, 0.1) is 11.8 Å². The van der Waals surface area contributed by atoms with Gasteiger partial charge in [0.2, 0.25) is 5.91 Å². The first-order valence-electron chi connectivity index (χ1n) is 6.71. The van der Waals surface area contributed by atoms with E-state index in [1.165, 1.54) is 0 Å². The Hall–Kier alpha value is -0.570. The summed E-state index contributed by atoms with van der Waals surface area (Å²) in [6.07, 6.45) is 2.57. The van der Waals surface area contributed by atoms with E-state index < -0.39 is 0 Å². The van der Waals surface area contributed by atoms with Gasteiger partial charge >= 0.3 is 0 Å². The molecule has 2 N–H and O–H groups in total. The van der Waals surface area contributed by atoms with Crippen molar-refractivity contribution in [3.05, 3.63) is 0 Å². The van der Waals surface area contributed by atoms with E-state index in [1.807, 2.05) is 11.9 Å². The predicted octanol–water partition coefficient (Wildman–Crippen LogP) is 2.64. The lowest BCUT2D eigenvalue weighted by atomic mass is 9.92. The van der Waals surface area contributed by atoms with Crippen molar-refractivity contribution >= 4 is 5.91 Å². The Balaban J connectivity index is 4.41. The minimum atomic E-state index is -0.0614. The smallest absolute Gasteiger partial charge is 0.223 e. The number of carbonyl (C=O) groups is 1. The third kappa shape index (κ3) is 5.53. The zero-order valence-electron chi connectivity index (χ0n) is 12.4. The van der Waals surface area contributed by atoms with E-state index in [0.717, 1.165) is 12.8 Å². The number of hydrogen-bond acceptors (Lipinski definition) is 2. The maximum Gasteiger partial charge on any atom is 0.223 e. The Morgan fingerprint density at radius 3 is 2.24 bits per heavy atom. The minimum Gasteiger partial charge on any atom is -0.341 e. The Morgan fingerprint density at radius 1 is 1.35 bits per heavy atom. The molecule has 1 amide bonds. The molecule has 0 aromatic rings. The first-order valence-corrected chi connectivity index (χ1v) is 6.71. The van der Waals surface area contributed by atoms with E-state index in [1.54, 1.807) is 0 Å². The molecule has 0 radical (unpaired) electrons. The summed E-state index contributed by atoms with van der Waals surface area (Å²) in [6, 6.07) is 0. The third-order valence-electron chi connectivity index (χ3n) is 3.75. The maximum atomic E-state index is 12.2. The number of carbonyl (C=O) groups excluding carboxylic acids is 1. The van der Waals surface area contributed by atoms with Crippen LogP contribution >= 0.6 is 0 Å². The van der Waals surface area contributed by atoms with Gasteiger partial charge in [0.05, 0.1) is 0 Å². The van der Waals surface area contributed by atoms with Gasteiger partial charge in [0.15, 0.2) is 0 Å². The molecule has 0 saturated heterocycles. The standard InChI is InChI=1S/C14H30N2O/c1-7-14(4,5)16(6)13(17)9-12(10-15)8-11(2)3/h11-12H,7-10,15H2,1-6H3. The van der Waals surface area contributed by atoms with Gasteiger partial charge in [-0.05, 0) is 45.1 Å². The average Bonchev–Trinajstić information content (AvgIpc) is 2.26. The largest absolute Gasteiger partial charge is 0.341 e. The lowest BCUT2D eigenvalue weighted by Gasteiger charge is -2.35. The van der Waals surface area contributed by atoms with Crippen molar-refractivity contribution in [1.29, 1.82) is 0 Å². The molecular formula is C14H30N2O. The molecule has 1 atom stereocenters. The molecule has 102 valence electrons. The van der Waals surface area contributed by atoms with Crippen LogP contribution in [-0.2, 0) is 4.79 Å². The van der Waals surface area contributed by atoms with E-state index in [-0.39, 0.29) is 11.4 Å². The van der Waals surface area contributed by atoms with Crippen LogP contribution in [0.5, 0.6) is 0 Å². The molecule has 0 aliphatic rings. The van der Waals surface area contributed by atoms with Crippen LogP contribution in [-0.4, -0.2) is 29.9 Å². The van der Waals surface area contributed by atoms with E-state index in [2.05, 4.69) is 34.6 Å². The highest BCUT2D eigenvalue weighted by Gasteiger charge is 2.27.